The molecule has 4 rings (SSSR count). The van der Waals surface area contributed by atoms with Crippen molar-refractivity contribution in [2.45, 2.75) is 33.1 Å². The molecule has 1 N–H and O–H groups in total. The Morgan fingerprint density at radius 3 is 2.47 bits per heavy atom. The SMILES string of the molecule is CCc1ccc(-c2ccc3nc(C)c(-c4ccc(CCCO)cc4)n3n2)cc1OC. The number of aromatic nitrogens is 3. The first kappa shape index (κ1) is 20.1. The van der Waals surface area contributed by atoms with E-state index in [4.69, 9.17) is 19.9 Å². The quantitative estimate of drug-likeness (QED) is 0.480. The topological polar surface area (TPSA) is 59.7 Å². The molecule has 0 spiro atoms. The summed E-state index contributed by atoms with van der Waals surface area (Å²) in [5, 5.41) is 14.0. The highest BCUT2D eigenvalue weighted by Crippen LogP contribution is 2.29. The lowest BCUT2D eigenvalue weighted by atomic mass is 10.0. The molecular weight excluding hydrogens is 374 g/mol. The Morgan fingerprint density at radius 1 is 1.00 bits per heavy atom. The molecule has 5 nitrogen and oxygen atoms in total. The van der Waals surface area contributed by atoms with Crippen molar-refractivity contribution in [2.75, 3.05) is 13.7 Å². The first-order chi connectivity index (χ1) is 14.6. The van der Waals surface area contributed by atoms with Gasteiger partial charge in [0.1, 0.15) is 5.75 Å². The van der Waals surface area contributed by atoms with Crippen LogP contribution in [0.2, 0.25) is 0 Å². The van der Waals surface area contributed by atoms with Gasteiger partial charge in [-0.3, -0.25) is 0 Å². The van der Waals surface area contributed by atoms with Gasteiger partial charge in [-0.25, -0.2) is 9.50 Å². The predicted molar refractivity (Wildman–Crippen MR) is 120 cm³/mol. The number of ether oxygens (including phenoxy) is 1. The largest absolute Gasteiger partial charge is 0.496 e. The molecule has 2 heterocycles. The molecule has 0 saturated carbocycles. The number of aryl methyl sites for hydroxylation is 3. The summed E-state index contributed by atoms with van der Waals surface area (Å²) in [5.74, 6) is 0.886. The molecular formula is C25H27N3O2. The van der Waals surface area contributed by atoms with Gasteiger partial charge >= 0.3 is 0 Å². The summed E-state index contributed by atoms with van der Waals surface area (Å²) in [6, 6.07) is 18.7. The number of imidazole rings is 1. The molecule has 0 fully saturated rings. The Hall–Kier alpha value is -3.18. The molecule has 5 heteroatoms. The third-order valence-electron chi connectivity index (χ3n) is 5.47. The van der Waals surface area contributed by atoms with Crippen molar-refractivity contribution in [3.63, 3.8) is 0 Å². The number of nitrogens with zero attached hydrogens (tertiary/aromatic N) is 3. The maximum atomic E-state index is 9.04. The van der Waals surface area contributed by atoms with Crippen LogP contribution in [-0.4, -0.2) is 33.4 Å². The molecule has 0 radical (unpaired) electrons. The lowest BCUT2D eigenvalue weighted by Gasteiger charge is -2.10. The van der Waals surface area contributed by atoms with E-state index in [9.17, 15) is 0 Å². The summed E-state index contributed by atoms with van der Waals surface area (Å²) >= 11 is 0. The lowest BCUT2D eigenvalue weighted by molar-refractivity contribution is 0.288. The number of aliphatic hydroxyl groups excluding tert-OH is 1. The molecule has 0 aliphatic heterocycles. The van der Waals surface area contributed by atoms with Gasteiger partial charge in [0.15, 0.2) is 5.65 Å². The second kappa shape index (κ2) is 8.67. The molecule has 0 bridgehead atoms. The number of rotatable bonds is 7. The Labute approximate surface area is 177 Å². The van der Waals surface area contributed by atoms with Crippen LogP contribution >= 0.6 is 0 Å². The summed E-state index contributed by atoms with van der Waals surface area (Å²) in [7, 11) is 1.70. The van der Waals surface area contributed by atoms with Gasteiger partial charge in [-0.05, 0) is 55.5 Å². The summed E-state index contributed by atoms with van der Waals surface area (Å²) in [6.07, 6.45) is 2.58. The second-order valence-corrected chi connectivity index (χ2v) is 7.44. The Morgan fingerprint density at radius 2 is 1.77 bits per heavy atom. The first-order valence-electron chi connectivity index (χ1n) is 10.4. The smallest absolute Gasteiger partial charge is 0.154 e. The first-order valence-corrected chi connectivity index (χ1v) is 10.4. The normalized spacial score (nSPS) is 11.2. The summed E-state index contributed by atoms with van der Waals surface area (Å²) in [5.41, 5.74) is 8.14. The van der Waals surface area contributed by atoms with Crippen molar-refractivity contribution < 1.29 is 9.84 Å². The third-order valence-corrected chi connectivity index (χ3v) is 5.47. The highest BCUT2D eigenvalue weighted by Gasteiger charge is 2.14. The fourth-order valence-corrected chi connectivity index (χ4v) is 3.84. The number of hydrogen-bond donors (Lipinski definition) is 1. The van der Waals surface area contributed by atoms with Crippen LogP contribution in [0.4, 0.5) is 0 Å². The van der Waals surface area contributed by atoms with Crippen molar-refractivity contribution in [1.29, 1.82) is 0 Å². The fraction of sp³-hybridized carbons (Fsp3) is 0.280. The van der Waals surface area contributed by atoms with Gasteiger partial charge in [0.25, 0.3) is 0 Å². The fourth-order valence-electron chi connectivity index (χ4n) is 3.84. The highest BCUT2D eigenvalue weighted by molar-refractivity contribution is 5.69. The molecule has 30 heavy (non-hydrogen) atoms. The minimum Gasteiger partial charge on any atom is -0.496 e. The number of hydrogen-bond acceptors (Lipinski definition) is 4. The number of aliphatic hydroxyl groups is 1. The lowest BCUT2D eigenvalue weighted by Crippen LogP contribution is -1.98. The van der Waals surface area contributed by atoms with E-state index in [1.165, 1.54) is 11.1 Å². The summed E-state index contributed by atoms with van der Waals surface area (Å²) in [6.45, 7) is 4.35. The van der Waals surface area contributed by atoms with Gasteiger partial charge < -0.3 is 9.84 Å². The van der Waals surface area contributed by atoms with E-state index in [1.54, 1.807) is 7.11 Å². The zero-order valence-corrected chi connectivity index (χ0v) is 17.7. The second-order valence-electron chi connectivity index (χ2n) is 7.44. The van der Waals surface area contributed by atoms with Crippen molar-refractivity contribution in [2.24, 2.45) is 0 Å². The zero-order chi connectivity index (χ0) is 21.1. The Bertz CT molecular complexity index is 1160. The standard InChI is InChI=1S/C25H27N3O2/c1-4-19-11-12-21(16-23(19)30-3)22-13-14-24-26-17(2)25(28(24)27-22)20-9-7-18(8-10-20)6-5-15-29/h7-14,16,29H,4-6,15H2,1-3H3. The van der Waals surface area contributed by atoms with E-state index in [0.29, 0.717) is 0 Å². The average molecular weight is 402 g/mol. The molecule has 0 saturated heterocycles. The van der Waals surface area contributed by atoms with E-state index in [1.807, 2.05) is 29.6 Å². The number of benzene rings is 2. The highest BCUT2D eigenvalue weighted by atomic mass is 16.5. The Kier molecular flexibility index (Phi) is 5.81. The third kappa shape index (κ3) is 3.81. The van der Waals surface area contributed by atoms with Crippen LogP contribution in [-0.2, 0) is 12.8 Å². The summed E-state index contributed by atoms with van der Waals surface area (Å²) < 4.78 is 7.48. The maximum absolute atomic E-state index is 9.04. The van der Waals surface area contributed by atoms with E-state index in [2.05, 4.69) is 43.3 Å². The average Bonchev–Trinajstić information content (AvgIpc) is 3.12. The minimum absolute atomic E-state index is 0.213. The molecule has 0 unspecified atom stereocenters. The van der Waals surface area contributed by atoms with Crippen LogP contribution in [0, 0.1) is 6.92 Å². The van der Waals surface area contributed by atoms with Gasteiger partial charge in [-0.2, -0.15) is 5.10 Å². The molecule has 0 atom stereocenters. The van der Waals surface area contributed by atoms with Crippen molar-refractivity contribution in [1.82, 2.24) is 14.6 Å². The molecule has 0 amide bonds. The molecule has 0 aliphatic rings. The monoisotopic (exact) mass is 401 g/mol. The van der Waals surface area contributed by atoms with E-state index >= 15 is 0 Å². The molecule has 2 aromatic carbocycles. The number of methoxy groups -OCH3 is 1. The zero-order valence-electron chi connectivity index (χ0n) is 17.7. The van der Waals surface area contributed by atoms with Crippen LogP contribution < -0.4 is 4.74 Å². The van der Waals surface area contributed by atoms with E-state index in [-0.39, 0.29) is 6.61 Å². The van der Waals surface area contributed by atoms with Crippen LogP contribution in [0.15, 0.2) is 54.6 Å². The molecule has 4 aromatic rings. The van der Waals surface area contributed by atoms with Gasteiger partial charge in [0, 0.05) is 17.7 Å². The van der Waals surface area contributed by atoms with Gasteiger partial charge in [-0.15, -0.1) is 0 Å². The van der Waals surface area contributed by atoms with Crippen LogP contribution in [0.1, 0.15) is 30.2 Å². The van der Waals surface area contributed by atoms with Crippen LogP contribution in [0.5, 0.6) is 5.75 Å². The predicted octanol–water partition coefficient (Wildman–Crippen LogP) is 4.87. The van der Waals surface area contributed by atoms with Gasteiger partial charge in [0.05, 0.1) is 24.2 Å². The summed E-state index contributed by atoms with van der Waals surface area (Å²) in [4.78, 5) is 4.70. The van der Waals surface area contributed by atoms with E-state index < -0.39 is 0 Å². The molecule has 0 aliphatic carbocycles. The van der Waals surface area contributed by atoms with E-state index in [0.717, 1.165) is 58.9 Å². The number of fused-ring (bicyclic) bond motifs is 1. The van der Waals surface area contributed by atoms with Gasteiger partial charge in [0.2, 0.25) is 0 Å². The molecule has 2 aromatic heterocycles. The van der Waals surface area contributed by atoms with Crippen molar-refractivity contribution >= 4 is 5.65 Å². The molecule has 154 valence electrons. The van der Waals surface area contributed by atoms with Crippen molar-refractivity contribution in [3.05, 3.63) is 71.4 Å². The van der Waals surface area contributed by atoms with Crippen molar-refractivity contribution in [3.8, 4) is 28.3 Å². The minimum atomic E-state index is 0.213. The Balaban J connectivity index is 1.76. The van der Waals surface area contributed by atoms with Crippen LogP contribution in [0.25, 0.3) is 28.2 Å². The van der Waals surface area contributed by atoms with Crippen LogP contribution in [0.3, 0.4) is 0 Å². The maximum Gasteiger partial charge on any atom is 0.154 e. The van der Waals surface area contributed by atoms with Gasteiger partial charge in [-0.1, -0.05) is 43.3 Å².